The minimum absolute atomic E-state index is 0.00400. The monoisotopic (exact) mass is 313 g/mol. The molecule has 3 heteroatoms. The third-order valence-electron chi connectivity index (χ3n) is 3.82. The standard InChI is InChI=1S/C20H24FNO/c1-15(2)14-19(17-9-4-3-5-10-17)22-20(23)13-12-16-8-6-7-11-18(16)21/h3-11,15,19H,12-14H2,1-2H3,(H,22,23)/t19-/m1/s1. The maximum atomic E-state index is 13.6. The van der Waals surface area contributed by atoms with E-state index < -0.39 is 0 Å². The topological polar surface area (TPSA) is 29.1 Å². The largest absolute Gasteiger partial charge is 0.349 e. The fourth-order valence-electron chi connectivity index (χ4n) is 2.65. The van der Waals surface area contributed by atoms with Gasteiger partial charge in [-0.25, -0.2) is 4.39 Å². The van der Waals surface area contributed by atoms with Crippen molar-refractivity contribution in [2.75, 3.05) is 0 Å². The number of carbonyl (C=O) groups is 1. The van der Waals surface area contributed by atoms with Gasteiger partial charge in [-0.2, -0.15) is 0 Å². The third kappa shape index (κ3) is 5.51. The molecule has 0 saturated heterocycles. The Morgan fingerprint density at radius 2 is 1.70 bits per heavy atom. The van der Waals surface area contributed by atoms with E-state index in [4.69, 9.17) is 0 Å². The molecule has 2 aromatic rings. The van der Waals surface area contributed by atoms with Crippen molar-refractivity contribution >= 4 is 5.91 Å². The average Bonchev–Trinajstić information content (AvgIpc) is 2.54. The van der Waals surface area contributed by atoms with E-state index in [0.717, 1.165) is 12.0 Å². The van der Waals surface area contributed by atoms with Gasteiger partial charge in [-0.15, -0.1) is 0 Å². The molecular weight excluding hydrogens is 289 g/mol. The van der Waals surface area contributed by atoms with E-state index in [1.54, 1.807) is 18.2 Å². The zero-order chi connectivity index (χ0) is 16.7. The molecule has 0 aliphatic rings. The van der Waals surface area contributed by atoms with Crippen molar-refractivity contribution in [2.24, 2.45) is 5.92 Å². The number of halogens is 1. The Hall–Kier alpha value is -2.16. The zero-order valence-electron chi connectivity index (χ0n) is 13.8. The second-order valence-corrected chi connectivity index (χ2v) is 6.25. The van der Waals surface area contributed by atoms with E-state index in [0.29, 0.717) is 24.3 Å². The number of benzene rings is 2. The maximum Gasteiger partial charge on any atom is 0.220 e. The van der Waals surface area contributed by atoms with Crippen LogP contribution in [0.4, 0.5) is 4.39 Å². The Morgan fingerprint density at radius 3 is 2.35 bits per heavy atom. The molecule has 0 fully saturated rings. The van der Waals surface area contributed by atoms with Crippen LogP contribution in [0.5, 0.6) is 0 Å². The van der Waals surface area contributed by atoms with Crippen molar-refractivity contribution in [3.05, 3.63) is 71.5 Å². The van der Waals surface area contributed by atoms with Gasteiger partial charge in [-0.1, -0.05) is 62.4 Å². The fraction of sp³-hybridized carbons (Fsp3) is 0.350. The first-order valence-electron chi connectivity index (χ1n) is 8.14. The summed E-state index contributed by atoms with van der Waals surface area (Å²) in [7, 11) is 0. The van der Waals surface area contributed by atoms with Crippen LogP contribution < -0.4 is 5.32 Å². The average molecular weight is 313 g/mol. The number of hydrogen-bond acceptors (Lipinski definition) is 1. The number of rotatable bonds is 7. The molecule has 0 bridgehead atoms. The minimum atomic E-state index is -0.248. The van der Waals surface area contributed by atoms with E-state index >= 15 is 0 Å². The fourth-order valence-corrected chi connectivity index (χ4v) is 2.65. The molecule has 0 aliphatic carbocycles. The molecule has 1 amide bonds. The maximum absolute atomic E-state index is 13.6. The number of carbonyl (C=O) groups excluding carboxylic acids is 1. The van der Waals surface area contributed by atoms with Crippen LogP contribution in [0.1, 0.15) is 43.9 Å². The Bertz CT molecular complexity index is 625. The lowest BCUT2D eigenvalue weighted by Gasteiger charge is -2.21. The molecule has 0 heterocycles. The highest BCUT2D eigenvalue weighted by Gasteiger charge is 2.16. The van der Waals surface area contributed by atoms with Crippen LogP contribution >= 0.6 is 0 Å². The number of aryl methyl sites for hydroxylation is 1. The van der Waals surface area contributed by atoms with E-state index in [9.17, 15) is 9.18 Å². The second kappa shape index (κ2) is 8.47. The number of amides is 1. The third-order valence-corrected chi connectivity index (χ3v) is 3.82. The highest BCUT2D eigenvalue weighted by atomic mass is 19.1. The van der Waals surface area contributed by atoms with Crippen molar-refractivity contribution in [1.29, 1.82) is 0 Å². The first kappa shape index (κ1) is 17.2. The van der Waals surface area contributed by atoms with Crippen LogP contribution in [-0.4, -0.2) is 5.91 Å². The van der Waals surface area contributed by atoms with Gasteiger partial charge >= 0.3 is 0 Å². The van der Waals surface area contributed by atoms with E-state index in [2.05, 4.69) is 19.2 Å². The quantitative estimate of drug-likeness (QED) is 0.791. The first-order chi connectivity index (χ1) is 11.1. The van der Waals surface area contributed by atoms with Crippen molar-refractivity contribution in [2.45, 2.75) is 39.2 Å². The van der Waals surface area contributed by atoms with Gasteiger partial charge < -0.3 is 5.32 Å². The molecule has 0 aliphatic heterocycles. The molecule has 0 saturated carbocycles. The summed E-state index contributed by atoms with van der Waals surface area (Å²) < 4.78 is 13.6. The van der Waals surface area contributed by atoms with Crippen molar-refractivity contribution in [3.8, 4) is 0 Å². The number of hydrogen-bond donors (Lipinski definition) is 1. The lowest BCUT2D eigenvalue weighted by Crippen LogP contribution is -2.29. The van der Waals surface area contributed by atoms with Crippen LogP contribution in [0.15, 0.2) is 54.6 Å². The Labute approximate surface area is 137 Å². The summed E-state index contributed by atoms with van der Waals surface area (Å²) in [6, 6.07) is 16.6. The SMILES string of the molecule is CC(C)C[C@@H](NC(=O)CCc1ccccc1F)c1ccccc1. The molecule has 2 rings (SSSR count). The predicted octanol–water partition coefficient (Wildman–Crippen LogP) is 4.66. The van der Waals surface area contributed by atoms with Crippen LogP contribution in [0.2, 0.25) is 0 Å². The van der Waals surface area contributed by atoms with Gasteiger partial charge in [-0.3, -0.25) is 4.79 Å². The molecule has 1 atom stereocenters. The molecule has 0 aromatic heterocycles. The second-order valence-electron chi connectivity index (χ2n) is 6.25. The summed E-state index contributed by atoms with van der Waals surface area (Å²) in [4.78, 5) is 12.3. The molecule has 2 nitrogen and oxygen atoms in total. The predicted molar refractivity (Wildman–Crippen MR) is 91.5 cm³/mol. The molecule has 23 heavy (non-hydrogen) atoms. The van der Waals surface area contributed by atoms with Gasteiger partial charge in [0.25, 0.3) is 0 Å². The molecule has 1 N–H and O–H groups in total. The van der Waals surface area contributed by atoms with Gasteiger partial charge in [0.2, 0.25) is 5.91 Å². The van der Waals surface area contributed by atoms with E-state index in [-0.39, 0.29) is 17.8 Å². The first-order valence-corrected chi connectivity index (χ1v) is 8.14. The highest BCUT2D eigenvalue weighted by Crippen LogP contribution is 2.21. The van der Waals surface area contributed by atoms with Crippen LogP contribution in [0.3, 0.4) is 0 Å². The van der Waals surface area contributed by atoms with Gasteiger partial charge in [-0.05, 0) is 36.0 Å². The van der Waals surface area contributed by atoms with E-state index in [1.807, 2.05) is 30.3 Å². The minimum Gasteiger partial charge on any atom is -0.349 e. The van der Waals surface area contributed by atoms with Gasteiger partial charge in [0.15, 0.2) is 0 Å². The smallest absolute Gasteiger partial charge is 0.220 e. The number of nitrogens with one attached hydrogen (secondary N) is 1. The molecule has 122 valence electrons. The Morgan fingerprint density at radius 1 is 1.04 bits per heavy atom. The molecule has 0 radical (unpaired) electrons. The molecule has 0 spiro atoms. The van der Waals surface area contributed by atoms with Gasteiger partial charge in [0, 0.05) is 6.42 Å². The lowest BCUT2D eigenvalue weighted by atomic mass is 9.96. The summed E-state index contributed by atoms with van der Waals surface area (Å²) in [5.41, 5.74) is 1.70. The summed E-state index contributed by atoms with van der Waals surface area (Å²) in [6.45, 7) is 4.28. The van der Waals surface area contributed by atoms with Crippen LogP contribution in [0, 0.1) is 11.7 Å². The van der Waals surface area contributed by atoms with Gasteiger partial charge in [0.05, 0.1) is 6.04 Å². The molecular formula is C20H24FNO. The summed E-state index contributed by atoms with van der Waals surface area (Å²) >= 11 is 0. The van der Waals surface area contributed by atoms with Crippen molar-refractivity contribution < 1.29 is 9.18 Å². The van der Waals surface area contributed by atoms with Crippen molar-refractivity contribution in [1.82, 2.24) is 5.32 Å². The highest BCUT2D eigenvalue weighted by molar-refractivity contribution is 5.76. The molecule has 0 unspecified atom stereocenters. The Balaban J connectivity index is 1.96. The summed E-state index contributed by atoms with van der Waals surface area (Å²) in [5, 5.41) is 3.09. The van der Waals surface area contributed by atoms with Gasteiger partial charge in [0.1, 0.15) is 5.82 Å². The summed E-state index contributed by atoms with van der Waals surface area (Å²) in [6.07, 6.45) is 1.60. The Kier molecular flexibility index (Phi) is 6.33. The lowest BCUT2D eigenvalue weighted by molar-refractivity contribution is -0.121. The van der Waals surface area contributed by atoms with E-state index in [1.165, 1.54) is 6.07 Å². The zero-order valence-corrected chi connectivity index (χ0v) is 13.8. The normalized spacial score (nSPS) is 12.2. The molecule has 2 aromatic carbocycles. The summed E-state index contributed by atoms with van der Waals surface area (Å²) in [5.74, 6) is 0.192. The van der Waals surface area contributed by atoms with Crippen LogP contribution in [-0.2, 0) is 11.2 Å². The van der Waals surface area contributed by atoms with Crippen LogP contribution in [0.25, 0.3) is 0 Å². The van der Waals surface area contributed by atoms with Crippen molar-refractivity contribution in [3.63, 3.8) is 0 Å².